The van der Waals surface area contributed by atoms with Crippen molar-refractivity contribution in [3.05, 3.63) is 124 Å². The number of rotatable bonds is 12. The van der Waals surface area contributed by atoms with Crippen LogP contribution in [-0.2, 0) is 30.1 Å². The number of sulfonamides is 1. The van der Waals surface area contributed by atoms with Crippen LogP contribution >= 0.6 is 11.6 Å². The Kier molecular flexibility index (Phi) is 9.75. The van der Waals surface area contributed by atoms with Gasteiger partial charge >= 0.3 is 0 Å². The van der Waals surface area contributed by atoms with E-state index in [0.29, 0.717) is 52.9 Å². The highest BCUT2D eigenvalue weighted by molar-refractivity contribution is 7.90. The van der Waals surface area contributed by atoms with Gasteiger partial charge in [-0.15, -0.1) is 0 Å². The van der Waals surface area contributed by atoms with E-state index in [0.717, 1.165) is 33.3 Å². The number of aryl methyl sites for hydroxylation is 4. The number of ether oxygens (including phenoxy) is 2. The number of carbonyl (C=O) groups is 1. The van der Waals surface area contributed by atoms with E-state index in [9.17, 15) is 13.2 Å². The van der Waals surface area contributed by atoms with Crippen LogP contribution in [0, 0.1) is 20.8 Å². The lowest BCUT2D eigenvalue weighted by molar-refractivity contribution is 0.0976. The van der Waals surface area contributed by atoms with Gasteiger partial charge in [-0.25, -0.2) is 18.1 Å². The maximum Gasteiger partial charge on any atom is 0.281 e. The van der Waals surface area contributed by atoms with Crippen molar-refractivity contribution in [3.8, 4) is 22.8 Å². The first-order chi connectivity index (χ1) is 23.5. The molecule has 0 fully saturated rings. The fourth-order valence-electron chi connectivity index (χ4n) is 5.90. The van der Waals surface area contributed by atoms with Crippen LogP contribution in [0.1, 0.15) is 45.0 Å². The van der Waals surface area contributed by atoms with Crippen molar-refractivity contribution in [2.45, 2.75) is 45.1 Å². The number of fused-ring (bicyclic) bond motifs is 1. The topological polar surface area (TPSA) is 128 Å². The number of para-hydroxylation sites is 1. The third kappa shape index (κ3) is 7.18. The first-order valence-electron chi connectivity index (χ1n) is 15.8. The molecule has 0 atom stereocenters. The second-order valence-electron chi connectivity index (χ2n) is 11.8. The van der Waals surface area contributed by atoms with Gasteiger partial charge in [0.25, 0.3) is 15.9 Å². The molecular formula is C37H36ClN5O5S. The fraction of sp³-hybridized carbons (Fsp3) is 0.216. The fourth-order valence-corrected chi connectivity index (χ4v) is 6.99. The van der Waals surface area contributed by atoms with Crippen LogP contribution in [0.4, 0.5) is 0 Å². The predicted molar refractivity (Wildman–Crippen MR) is 190 cm³/mol. The van der Waals surface area contributed by atoms with E-state index in [2.05, 4.69) is 14.7 Å². The number of carbonyl (C=O) groups excluding carboxylic acids is 1. The number of hydrogen-bond acceptors (Lipinski definition) is 7. The van der Waals surface area contributed by atoms with Crippen LogP contribution in [0.5, 0.6) is 11.6 Å². The molecule has 49 heavy (non-hydrogen) atoms. The van der Waals surface area contributed by atoms with Crippen molar-refractivity contribution in [1.29, 1.82) is 0 Å². The van der Waals surface area contributed by atoms with Crippen molar-refractivity contribution in [3.63, 3.8) is 0 Å². The highest BCUT2D eigenvalue weighted by Gasteiger charge is 2.26. The Hall–Kier alpha value is -5.13. The van der Waals surface area contributed by atoms with E-state index in [1.54, 1.807) is 35.1 Å². The zero-order chi connectivity index (χ0) is 34.7. The Labute approximate surface area is 290 Å². The Morgan fingerprint density at radius 1 is 0.959 bits per heavy atom. The maximum atomic E-state index is 13.8. The largest absolute Gasteiger partial charge is 0.494 e. The molecule has 252 valence electrons. The van der Waals surface area contributed by atoms with Gasteiger partial charge in [0.2, 0.25) is 5.88 Å². The minimum atomic E-state index is -4.13. The monoisotopic (exact) mass is 697 g/mol. The van der Waals surface area contributed by atoms with E-state index in [4.69, 9.17) is 26.2 Å². The number of amides is 1. The molecule has 0 radical (unpaired) electrons. The molecule has 3 aromatic carbocycles. The molecule has 1 amide bonds. The molecule has 10 nitrogen and oxygen atoms in total. The number of benzene rings is 3. The molecule has 12 heteroatoms. The van der Waals surface area contributed by atoms with Crippen LogP contribution in [0.15, 0.2) is 90.0 Å². The van der Waals surface area contributed by atoms with E-state index in [1.165, 1.54) is 12.1 Å². The van der Waals surface area contributed by atoms with Gasteiger partial charge in [0.1, 0.15) is 23.7 Å². The average molecular weight is 698 g/mol. The van der Waals surface area contributed by atoms with Gasteiger partial charge in [-0.2, -0.15) is 5.10 Å². The summed E-state index contributed by atoms with van der Waals surface area (Å²) in [5.74, 6) is 0.425. The zero-order valence-corrected chi connectivity index (χ0v) is 29.2. The number of aromatic nitrogens is 4. The summed E-state index contributed by atoms with van der Waals surface area (Å²) >= 11 is 6.33. The normalized spacial score (nSPS) is 11.5. The molecule has 0 bridgehead atoms. The van der Waals surface area contributed by atoms with Gasteiger partial charge in [0.15, 0.2) is 0 Å². The molecule has 6 aromatic rings. The number of hydrogen-bond donors (Lipinski definition) is 2. The molecule has 6 rings (SSSR count). The number of H-pyrrole nitrogens is 1. The van der Waals surface area contributed by atoms with Crippen molar-refractivity contribution in [1.82, 2.24) is 24.5 Å². The first kappa shape index (κ1) is 33.8. The van der Waals surface area contributed by atoms with E-state index >= 15 is 0 Å². The van der Waals surface area contributed by atoms with Gasteiger partial charge in [-0.1, -0.05) is 54.1 Å². The van der Waals surface area contributed by atoms with E-state index < -0.39 is 15.9 Å². The maximum absolute atomic E-state index is 13.8. The van der Waals surface area contributed by atoms with Crippen molar-refractivity contribution >= 4 is 38.4 Å². The standard InChI is InChI=1S/C37H36ClN5O5S/c1-23-20-26(21-24(2)34(23)38)47-19-11-16-29-28-14-10-15-30(33-25(3)43(4)41-31(33)22-48-32-17-8-9-18-39-32)35(28)40-36(29)37(44)42-49(45,46)27-12-6-5-7-13-27/h5-10,12-15,17-18,20-21,40H,11,16,19,22H2,1-4H3,(H,42,44). The summed E-state index contributed by atoms with van der Waals surface area (Å²) in [5.41, 5.74) is 6.60. The Morgan fingerprint density at radius 3 is 2.41 bits per heavy atom. The lowest BCUT2D eigenvalue weighted by atomic mass is 9.98. The van der Waals surface area contributed by atoms with Gasteiger partial charge in [0.05, 0.1) is 17.0 Å². The van der Waals surface area contributed by atoms with Gasteiger partial charge in [0, 0.05) is 46.5 Å². The minimum absolute atomic E-state index is 0.00724. The highest BCUT2D eigenvalue weighted by Crippen LogP contribution is 2.36. The summed E-state index contributed by atoms with van der Waals surface area (Å²) in [7, 11) is -2.27. The summed E-state index contributed by atoms with van der Waals surface area (Å²) in [6, 6.07) is 22.8. The van der Waals surface area contributed by atoms with Gasteiger partial charge in [-0.05, 0) is 80.6 Å². The number of pyridine rings is 1. The summed E-state index contributed by atoms with van der Waals surface area (Å²) in [6.45, 7) is 6.36. The number of aromatic amines is 1. The molecule has 3 aromatic heterocycles. The quantitative estimate of drug-likeness (QED) is 0.129. The lowest BCUT2D eigenvalue weighted by Crippen LogP contribution is -2.31. The second-order valence-corrected chi connectivity index (χ2v) is 13.8. The minimum Gasteiger partial charge on any atom is -0.494 e. The van der Waals surface area contributed by atoms with Gasteiger partial charge in [-0.3, -0.25) is 9.48 Å². The number of halogens is 1. The van der Waals surface area contributed by atoms with Crippen LogP contribution in [0.25, 0.3) is 22.0 Å². The number of nitrogens with zero attached hydrogens (tertiary/aromatic N) is 3. The predicted octanol–water partition coefficient (Wildman–Crippen LogP) is 7.25. The van der Waals surface area contributed by atoms with Crippen LogP contribution in [-0.4, -0.2) is 40.7 Å². The van der Waals surface area contributed by atoms with Crippen LogP contribution < -0.4 is 14.2 Å². The van der Waals surface area contributed by atoms with Crippen molar-refractivity contribution < 1.29 is 22.7 Å². The van der Waals surface area contributed by atoms with Crippen molar-refractivity contribution in [2.75, 3.05) is 6.61 Å². The molecule has 0 spiro atoms. The molecule has 0 saturated carbocycles. The smallest absolute Gasteiger partial charge is 0.281 e. The average Bonchev–Trinajstić information content (AvgIpc) is 3.61. The molecule has 3 heterocycles. The summed E-state index contributed by atoms with van der Waals surface area (Å²) in [6.07, 6.45) is 2.65. The molecule has 0 aliphatic carbocycles. The first-order valence-corrected chi connectivity index (χ1v) is 17.6. The molecule has 2 N–H and O–H groups in total. The Balaban J connectivity index is 1.36. The second kappa shape index (κ2) is 14.2. The Morgan fingerprint density at radius 2 is 1.69 bits per heavy atom. The van der Waals surface area contributed by atoms with E-state index in [-0.39, 0.29) is 17.2 Å². The van der Waals surface area contributed by atoms with E-state index in [1.807, 2.05) is 70.3 Å². The molecule has 0 unspecified atom stereocenters. The highest BCUT2D eigenvalue weighted by atomic mass is 35.5. The lowest BCUT2D eigenvalue weighted by Gasteiger charge is -2.11. The van der Waals surface area contributed by atoms with Crippen molar-refractivity contribution in [2.24, 2.45) is 7.05 Å². The molecule has 0 aliphatic rings. The third-order valence-corrected chi connectivity index (χ3v) is 10.3. The zero-order valence-electron chi connectivity index (χ0n) is 27.6. The Bertz CT molecular complexity index is 2230. The summed E-state index contributed by atoms with van der Waals surface area (Å²) in [5, 5.41) is 6.23. The molecular weight excluding hydrogens is 662 g/mol. The SMILES string of the molecule is Cc1cc(OCCCc2c(C(=O)NS(=O)(=O)c3ccccc3)[nH]c3c(-c4c(COc5ccccn5)nn(C)c4C)cccc23)cc(C)c1Cl. The van der Waals surface area contributed by atoms with Crippen LogP contribution in [0.3, 0.4) is 0 Å². The molecule has 0 saturated heterocycles. The molecule has 0 aliphatic heterocycles. The number of nitrogens with one attached hydrogen (secondary N) is 2. The summed E-state index contributed by atoms with van der Waals surface area (Å²) < 4.78 is 42.5. The van der Waals surface area contributed by atoms with Crippen LogP contribution in [0.2, 0.25) is 5.02 Å². The summed E-state index contributed by atoms with van der Waals surface area (Å²) in [4.78, 5) is 21.4. The van der Waals surface area contributed by atoms with Gasteiger partial charge < -0.3 is 14.5 Å². The third-order valence-electron chi connectivity index (χ3n) is 8.37.